The van der Waals surface area contributed by atoms with E-state index in [9.17, 15) is 4.79 Å². The van der Waals surface area contributed by atoms with E-state index in [0.29, 0.717) is 37.5 Å². The molecule has 6 nitrogen and oxygen atoms in total. The fourth-order valence-electron chi connectivity index (χ4n) is 5.19. The Balaban J connectivity index is 1.42. The molecule has 2 heterocycles. The van der Waals surface area contributed by atoms with Gasteiger partial charge in [0.25, 0.3) is 5.91 Å². The normalized spacial score (nSPS) is 13.3. The zero-order valence-corrected chi connectivity index (χ0v) is 20.7. The molecule has 6 heteroatoms. The van der Waals surface area contributed by atoms with Crippen LogP contribution in [0.15, 0.2) is 97.5 Å². The summed E-state index contributed by atoms with van der Waals surface area (Å²) in [5, 5.41) is 1.93. The molecule has 1 amide bonds. The van der Waals surface area contributed by atoms with E-state index >= 15 is 0 Å². The summed E-state index contributed by atoms with van der Waals surface area (Å²) < 4.78 is 5.66. The van der Waals surface area contributed by atoms with Crippen LogP contribution in [0.3, 0.4) is 0 Å². The van der Waals surface area contributed by atoms with Crippen molar-refractivity contribution in [3.8, 4) is 16.9 Å². The number of nitrogens with zero attached hydrogens (tertiary/aromatic N) is 3. The van der Waals surface area contributed by atoms with E-state index < -0.39 is 0 Å². The van der Waals surface area contributed by atoms with E-state index in [1.165, 1.54) is 0 Å². The van der Waals surface area contributed by atoms with Crippen LogP contribution in [0.25, 0.3) is 21.9 Å². The van der Waals surface area contributed by atoms with Crippen molar-refractivity contribution in [1.29, 1.82) is 0 Å². The molecular formula is C31H28N4O2. The molecule has 4 aromatic carbocycles. The van der Waals surface area contributed by atoms with Crippen molar-refractivity contribution in [2.24, 2.45) is 0 Å². The fraction of sp³-hybridized carbons (Fsp3) is 0.161. The van der Waals surface area contributed by atoms with Gasteiger partial charge < -0.3 is 19.5 Å². The third-order valence-electron chi connectivity index (χ3n) is 7.05. The number of benzene rings is 4. The minimum Gasteiger partial charge on any atom is -0.496 e. The van der Waals surface area contributed by atoms with Crippen molar-refractivity contribution < 1.29 is 9.53 Å². The smallest absolute Gasteiger partial charge is 0.258 e. The van der Waals surface area contributed by atoms with E-state index in [0.717, 1.165) is 38.8 Å². The zero-order valence-electron chi connectivity index (χ0n) is 20.7. The topological polar surface area (TPSA) is 61.5 Å². The summed E-state index contributed by atoms with van der Waals surface area (Å²) in [6.07, 6.45) is 3.63. The number of amides is 1. The molecule has 0 bridgehead atoms. The highest BCUT2D eigenvalue weighted by atomic mass is 16.5. The first-order valence-electron chi connectivity index (χ1n) is 12.5. The molecule has 0 radical (unpaired) electrons. The minimum atomic E-state index is -0.0219. The maximum absolute atomic E-state index is 14.1. The molecule has 5 aromatic rings. The number of aromatic nitrogens is 2. The van der Waals surface area contributed by atoms with E-state index in [1.54, 1.807) is 13.4 Å². The molecule has 6 rings (SSSR count). The predicted octanol–water partition coefficient (Wildman–Crippen LogP) is 5.90. The third kappa shape index (κ3) is 4.42. The lowest BCUT2D eigenvalue weighted by atomic mass is 10.00. The summed E-state index contributed by atoms with van der Waals surface area (Å²) in [7, 11) is 1.62. The monoisotopic (exact) mass is 488 g/mol. The second-order valence-corrected chi connectivity index (χ2v) is 9.28. The van der Waals surface area contributed by atoms with Crippen LogP contribution < -0.4 is 9.64 Å². The molecule has 0 unspecified atom stereocenters. The number of ether oxygens (including phenoxy) is 1. The average molecular weight is 489 g/mol. The van der Waals surface area contributed by atoms with Gasteiger partial charge in [-0.15, -0.1) is 0 Å². The Bertz CT molecular complexity index is 1550. The molecule has 37 heavy (non-hydrogen) atoms. The zero-order chi connectivity index (χ0) is 25.2. The maximum atomic E-state index is 14.1. The van der Waals surface area contributed by atoms with Crippen molar-refractivity contribution in [2.75, 3.05) is 25.1 Å². The highest BCUT2D eigenvalue weighted by molar-refractivity contribution is 6.09. The highest BCUT2D eigenvalue weighted by Crippen LogP contribution is 2.34. The molecule has 0 spiro atoms. The Labute approximate surface area is 216 Å². The Morgan fingerprint density at radius 3 is 2.59 bits per heavy atom. The number of imidazole rings is 1. The van der Waals surface area contributed by atoms with Crippen LogP contribution in [0.5, 0.6) is 5.75 Å². The Hall–Kier alpha value is -4.58. The van der Waals surface area contributed by atoms with Gasteiger partial charge in [0, 0.05) is 31.5 Å². The number of hydrogen-bond acceptors (Lipinski definition) is 4. The number of methoxy groups -OCH3 is 1. The quantitative estimate of drug-likeness (QED) is 0.335. The van der Waals surface area contributed by atoms with Crippen molar-refractivity contribution >= 4 is 22.4 Å². The number of aromatic amines is 1. The van der Waals surface area contributed by atoms with E-state index in [2.05, 4.69) is 45.2 Å². The predicted molar refractivity (Wildman–Crippen MR) is 147 cm³/mol. The third-order valence-corrected chi connectivity index (χ3v) is 7.05. The van der Waals surface area contributed by atoms with E-state index in [4.69, 9.17) is 4.74 Å². The standard InChI is InChI=1S/C31H28N4O2/c1-37-29-14-12-23-9-5-6-10-27(23)30(29)31(36)35-16-15-34(20-26-18-32-21-33-26)28-13-11-24(17-25(28)19-35)22-7-3-2-4-8-22/h2-14,17-18,21H,15-16,19-20H2,1H3,(H,32,33). The van der Waals surface area contributed by atoms with Gasteiger partial charge in [-0.05, 0) is 45.7 Å². The summed E-state index contributed by atoms with van der Waals surface area (Å²) in [5.74, 6) is 0.575. The Kier molecular flexibility index (Phi) is 6.06. The number of carbonyl (C=O) groups excluding carboxylic acids is 1. The lowest BCUT2D eigenvalue weighted by Crippen LogP contribution is -2.35. The van der Waals surface area contributed by atoms with Crippen LogP contribution in [0.2, 0.25) is 0 Å². The van der Waals surface area contributed by atoms with Gasteiger partial charge in [0.2, 0.25) is 0 Å². The van der Waals surface area contributed by atoms with E-state index in [1.807, 2.05) is 65.7 Å². The molecule has 1 aliphatic rings. The van der Waals surface area contributed by atoms with Gasteiger partial charge in [-0.2, -0.15) is 0 Å². The maximum Gasteiger partial charge on any atom is 0.258 e. The molecule has 0 atom stereocenters. The van der Waals surface area contributed by atoms with Crippen molar-refractivity contribution in [3.05, 3.63) is 114 Å². The summed E-state index contributed by atoms with van der Waals surface area (Å²) in [5.41, 5.74) is 6.11. The van der Waals surface area contributed by atoms with Crippen LogP contribution in [0.1, 0.15) is 21.6 Å². The van der Waals surface area contributed by atoms with Gasteiger partial charge in [0.05, 0.1) is 31.2 Å². The van der Waals surface area contributed by atoms with Crippen molar-refractivity contribution in [1.82, 2.24) is 14.9 Å². The molecule has 1 aromatic heterocycles. The number of rotatable bonds is 5. The molecule has 0 saturated carbocycles. The van der Waals surface area contributed by atoms with Crippen LogP contribution in [0, 0.1) is 0 Å². The fourth-order valence-corrected chi connectivity index (χ4v) is 5.19. The van der Waals surface area contributed by atoms with Crippen LogP contribution >= 0.6 is 0 Å². The number of hydrogen-bond donors (Lipinski definition) is 1. The van der Waals surface area contributed by atoms with E-state index in [-0.39, 0.29) is 5.91 Å². The molecule has 1 aliphatic heterocycles. The second-order valence-electron chi connectivity index (χ2n) is 9.28. The number of nitrogens with one attached hydrogen (secondary N) is 1. The summed E-state index contributed by atoms with van der Waals surface area (Å²) in [6, 6.07) is 28.8. The lowest BCUT2D eigenvalue weighted by Gasteiger charge is -2.24. The molecular weight excluding hydrogens is 460 g/mol. The molecule has 0 aliphatic carbocycles. The van der Waals surface area contributed by atoms with Crippen LogP contribution in [0.4, 0.5) is 5.69 Å². The Morgan fingerprint density at radius 1 is 0.946 bits per heavy atom. The van der Waals surface area contributed by atoms with Crippen molar-refractivity contribution in [2.45, 2.75) is 13.1 Å². The summed E-state index contributed by atoms with van der Waals surface area (Å²) >= 11 is 0. The number of fused-ring (bicyclic) bond motifs is 2. The van der Waals surface area contributed by atoms with Crippen LogP contribution in [-0.2, 0) is 13.1 Å². The summed E-state index contributed by atoms with van der Waals surface area (Å²) in [6.45, 7) is 2.47. The van der Waals surface area contributed by atoms with Gasteiger partial charge in [-0.3, -0.25) is 4.79 Å². The molecule has 1 N–H and O–H groups in total. The second kappa shape index (κ2) is 9.82. The molecule has 0 fully saturated rings. The first kappa shape index (κ1) is 22.9. The molecule has 0 saturated heterocycles. The first-order valence-corrected chi connectivity index (χ1v) is 12.5. The largest absolute Gasteiger partial charge is 0.496 e. The van der Waals surface area contributed by atoms with Gasteiger partial charge in [-0.1, -0.05) is 66.7 Å². The minimum absolute atomic E-state index is 0.0219. The van der Waals surface area contributed by atoms with Gasteiger partial charge in [0.15, 0.2) is 0 Å². The van der Waals surface area contributed by atoms with Crippen LogP contribution in [-0.4, -0.2) is 41.0 Å². The lowest BCUT2D eigenvalue weighted by molar-refractivity contribution is 0.0750. The van der Waals surface area contributed by atoms with Gasteiger partial charge >= 0.3 is 0 Å². The Morgan fingerprint density at radius 2 is 1.78 bits per heavy atom. The number of H-pyrrole nitrogens is 1. The first-order chi connectivity index (χ1) is 18.2. The number of carbonyl (C=O) groups is 1. The SMILES string of the molecule is COc1ccc2ccccc2c1C(=O)N1CCN(Cc2c[nH]cn2)c2ccc(-c3ccccc3)cc2C1. The van der Waals surface area contributed by atoms with Gasteiger partial charge in [-0.25, -0.2) is 4.98 Å². The molecule has 184 valence electrons. The number of anilines is 1. The van der Waals surface area contributed by atoms with Gasteiger partial charge in [0.1, 0.15) is 5.75 Å². The summed E-state index contributed by atoms with van der Waals surface area (Å²) in [4.78, 5) is 25.9. The highest BCUT2D eigenvalue weighted by Gasteiger charge is 2.27. The average Bonchev–Trinajstić information content (AvgIpc) is 3.40. The van der Waals surface area contributed by atoms with Crippen molar-refractivity contribution in [3.63, 3.8) is 0 Å².